The standard InChI is InChI=1S/C10H12ClNO/c1-7-12-6-10(13-7)8-3-2-4-9(11)5-8/h2-5,7,10,12H,6H2,1H3. The first kappa shape index (κ1) is 9.00. The quantitative estimate of drug-likeness (QED) is 0.746. The summed E-state index contributed by atoms with van der Waals surface area (Å²) in [5.74, 6) is 0. The molecule has 13 heavy (non-hydrogen) atoms. The first-order valence-corrected chi connectivity index (χ1v) is 4.78. The zero-order valence-electron chi connectivity index (χ0n) is 7.46. The molecule has 1 N–H and O–H groups in total. The molecule has 1 aromatic rings. The van der Waals surface area contributed by atoms with Crippen LogP contribution in [0.25, 0.3) is 0 Å². The SMILES string of the molecule is CC1NCC(c2cccc(Cl)c2)O1. The van der Waals surface area contributed by atoms with Crippen LogP contribution >= 0.6 is 11.6 Å². The number of nitrogens with one attached hydrogen (secondary N) is 1. The summed E-state index contributed by atoms with van der Waals surface area (Å²) in [6.07, 6.45) is 0.290. The summed E-state index contributed by atoms with van der Waals surface area (Å²) in [5.41, 5.74) is 1.14. The van der Waals surface area contributed by atoms with E-state index >= 15 is 0 Å². The second-order valence-electron chi connectivity index (χ2n) is 3.23. The fraction of sp³-hybridized carbons (Fsp3) is 0.400. The largest absolute Gasteiger partial charge is 0.354 e. The zero-order valence-corrected chi connectivity index (χ0v) is 8.21. The van der Waals surface area contributed by atoms with E-state index in [9.17, 15) is 0 Å². The molecule has 1 aliphatic rings. The third-order valence-electron chi connectivity index (χ3n) is 2.18. The molecular weight excluding hydrogens is 186 g/mol. The van der Waals surface area contributed by atoms with Gasteiger partial charge in [-0.2, -0.15) is 0 Å². The third-order valence-corrected chi connectivity index (χ3v) is 2.41. The molecule has 0 bridgehead atoms. The molecule has 0 saturated carbocycles. The average Bonchev–Trinajstić information content (AvgIpc) is 2.52. The van der Waals surface area contributed by atoms with Gasteiger partial charge < -0.3 is 4.74 Å². The maximum atomic E-state index is 5.88. The van der Waals surface area contributed by atoms with Crippen LogP contribution in [0.2, 0.25) is 5.02 Å². The number of ether oxygens (including phenoxy) is 1. The minimum absolute atomic E-state index is 0.143. The number of hydrogen-bond acceptors (Lipinski definition) is 2. The van der Waals surface area contributed by atoms with Crippen molar-refractivity contribution in [1.82, 2.24) is 5.32 Å². The van der Waals surface area contributed by atoms with Gasteiger partial charge in [0.25, 0.3) is 0 Å². The van der Waals surface area contributed by atoms with Crippen LogP contribution in [-0.4, -0.2) is 12.8 Å². The second kappa shape index (κ2) is 3.66. The van der Waals surface area contributed by atoms with Crippen molar-refractivity contribution in [2.24, 2.45) is 0 Å². The maximum Gasteiger partial charge on any atom is 0.106 e. The Balaban J connectivity index is 2.16. The van der Waals surface area contributed by atoms with Gasteiger partial charge in [0.2, 0.25) is 0 Å². The van der Waals surface area contributed by atoms with Crippen LogP contribution in [0.4, 0.5) is 0 Å². The van der Waals surface area contributed by atoms with Crippen molar-refractivity contribution < 1.29 is 4.74 Å². The van der Waals surface area contributed by atoms with Crippen LogP contribution in [-0.2, 0) is 4.74 Å². The van der Waals surface area contributed by atoms with Crippen molar-refractivity contribution in [2.75, 3.05) is 6.54 Å². The second-order valence-corrected chi connectivity index (χ2v) is 3.67. The predicted molar refractivity (Wildman–Crippen MR) is 52.7 cm³/mol. The Morgan fingerprint density at radius 1 is 1.54 bits per heavy atom. The molecule has 1 fully saturated rings. The lowest BCUT2D eigenvalue weighted by molar-refractivity contribution is 0.0529. The Morgan fingerprint density at radius 2 is 2.38 bits per heavy atom. The monoisotopic (exact) mass is 197 g/mol. The molecule has 70 valence electrons. The maximum absolute atomic E-state index is 5.88. The first-order chi connectivity index (χ1) is 6.25. The van der Waals surface area contributed by atoms with Gasteiger partial charge in [0.05, 0.1) is 6.10 Å². The molecule has 1 aliphatic heterocycles. The normalized spacial score (nSPS) is 27.8. The van der Waals surface area contributed by atoms with Gasteiger partial charge in [-0.15, -0.1) is 0 Å². The van der Waals surface area contributed by atoms with Crippen LogP contribution in [0.1, 0.15) is 18.6 Å². The van der Waals surface area contributed by atoms with Crippen LogP contribution in [0.3, 0.4) is 0 Å². The van der Waals surface area contributed by atoms with Gasteiger partial charge >= 0.3 is 0 Å². The molecule has 2 nitrogen and oxygen atoms in total. The molecular formula is C10H12ClNO. The minimum atomic E-state index is 0.143. The summed E-state index contributed by atoms with van der Waals surface area (Å²) in [5, 5.41) is 3.99. The van der Waals surface area contributed by atoms with Gasteiger partial charge in [0.1, 0.15) is 6.23 Å². The van der Waals surface area contributed by atoms with E-state index in [-0.39, 0.29) is 12.3 Å². The highest BCUT2D eigenvalue weighted by Crippen LogP contribution is 2.24. The Labute approximate surface area is 82.9 Å². The van der Waals surface area contributed by atoms with Crippen molar-refractivity contribution >= 4 is 11.6 Å². The van der Waals surface area contributed by atoms with Crippen LogP contribution in [0.15, 0.2) is 24.3 Å². The van der Waals surface area contributed by atoms with Gasteiger partial charge in [-0.3, -0.25) is 5.32 Å². The molecule has 1 aromatic carbocycles. The van der Waals surface area contributed by atoms with Crippen molar-refractivity contribution in [3.8, 4) is 0 Å². The molecule has 2 atom stereocenters. The summed E-state index contributed by atoms with van der Waals surface area (Å²) in [7, 11) is 0. The van der Waals surface area contributed by atoms with Gasteiger partial charge in [-0.25, -0.2) is 0 Å². The molecule has 1 heterocycles. The molecule has 0 spiro atoms. The lowest BCUT2D eigenvalue weighted by atomic mass is 10.1. The van der Waals surface area contributed by atoms with Gasteiger partial charge in [-0.05, 0) is 24.6 Å². The molecule has 0 amide bonds. The van der Waals surface area contributed by atoms with Crippen molar-refractivity contribution in [3.05, 3.63) is 34.9 Å². The molecule has 0 radical (unpaired) electrons. The van der Waals surface area contributed by atoms with Crippen LogP contribution < -0.4 is 5.32 Å². The Bertz CT molecular complexity index is 303. The first-order valence-electron chi connectivity index (χ1n) is 4.40. The average molecular weight is 198 g/mol. The molecule has 2 unspecified atom stereocenters. The number of benzene rings is 1. The predicted octanol–water partition coefficient (Wildman–Crippen LogP) is 2.35. The van der Waals surface area contributed by atoms with E-state index in [1.807, 2.05) is 31.2 Å². The Kier molecular flexibility index (Phi) is 2.54. The Hall–Kier alpha value is -0.570. The highest BCUT2D eigenvalue weighted by molar-refractivity contribution is 6.30. The number of hydrogen-bond donors (Lipinski definition) is 1. The highest BCUT2D eigenvalue weighted by Gasteiger charge is 2.22. The van der Waals surface area contributed by atoms with Gasteiger partial charge in [0.15, 0.2) is 0 Å². The third kappa shape index (κ3) is 2.02. The minimum Gasteiger partial charge on any atom is -0.354 e. The van der Waals surface area contributed by atoms with Crippen molar-refractivity contribution in [1.29, 1.82) is 0 Å². The van der Waals surface area contributed by atoms with E-state index in [1.54, 1.807) is 0 Å². The van der Waals surface area contributed by atoms with Crippen LogP contribution in [0, 0.1) is 0 Å². The summed E-state index contributed by atoms with van der Waals surface area (Å²) in [6.45, 7) is 2.87. The molecule has 0 aromatic heterocycles. The fourth-order valence-corrected chi connectivity index (χ4v) is 1.72. The van der Waals surface area contributed by atoms with Gasteiger partial charge in [-0.1, -0.05) is 23.7 Å². The van der Waals surface area contributed by atoms with Crippen molar-refractivity contribution in [3.63, 3.8) is 0 Å². The Morgan fingerprint density at radius 3 is 3.00 bits per heavy atom. The molecule has 1 saturated heterocycles. The van der Waals surface area contributed by atoms with E-state index < -0.39 is 0 Å². The number of rotatable bonds is 1. The summed E-state index contributed by atoms with van der Waals surface area (Å²) >= 11 is 5.88. The van der Waals surface area contributed by atoms with Gasteiger partial charge in [0, 0.05) is 11.6 Å². The van der Waals surface area contributed by atoms with E-state index in [0.717, 1.165) is 17.1 Å². The molecule has 0 aliphatic carbocycles. The summed E-state index contributed by atoms with van der Waals surface area (Å²) < 4.78 is 5.63. The lowest BCUT2D eigenvalue weighted by Gasteiger charge is -2.09. The zero-order chi connectivity index (χ0) is 9.26. The fourth-order valence-electron chi connectivity index (χ4n) is 1.52. The van der Waals surface area contributed by atoms with Crippen LogP contribution in [0.5, 0.6) is 0 Å². The summed E-state index contributed by atoms with van der Waals surface area (Å²) in [6, 6.07) is 7.81. The molecule has 2 rings (SSSR count). The van der Waals surface area contributed by atoms with E-state index in [4.69, 9.17) is 16.3 Å². The van der Waals surface area contributed by atoms with E-state index in [2.05, 4.69) is 5.32 Å². The van der Waals surface area contributed by atoms with Crippen molar-refractivity contribution in [2.45, 2.75) is 19.3 Å². The lowest BCUT2D eigenvalue weighted by Crippen LogP contribution is -2.17. The smallest absolute Gasteiger partial charge is 0.106 e. The highest BCUT2D eigenvalue weighted by atomic mass is 35.5. The van der Waals surface area contributed by atoms with E-state index in [0.29, 0.717) is 0 Å². The molecule has 3 heteroatoms. The number of halogens is 1. The summed E-state index contributed by atoms with van der Waals surface area (Å²) in [4.78, 5) is 0. The van der Waals surface area contributed by atoms with E-state index in [1.165, 1.54) is 0 Å². The topological polar surface area (TPSA) is 21.3 Å².